The predicted molar refractivity (Wildman–Crippen MR) is 43.7 cm³/mol. The molecule has 0 spiro atoms. The Hall–Kier alpha value is -1.44. The van der Waals surface area contributed by atoms with Crippen LogP contribution in [0.2, 0.25) is 0 Å². The molecule has 0 bridgehead atoms. The molecule has 0 radical (unpaired) electrons. The van der Waals surface area contributed by atoms with E-state index in [1.165, 1.54) is 12.2 Å². The second-order valence-electron chi connectivity index (χ2n) is 2.57. The van der Waals surface area contributed by atoms with Gasteiger partial charge in [0.05, 0.1) is 0 Å². The van der Waals surface area contributed by atoms with E-state index in [9.17, 15) is 8.78 Å². The van der Waals surface area contributed by atoms with Crippen LogP contribution >= 0.6 is 0 Å². The Kier molecular flexibility index (Phi) is 1.54. The van der Waals surface area contributed by atoms with Gasteiger partial charge in [0.2, 0.25) is 0 Å². The van der Waals surface area contributed by atoms with E-state index in [-0.39, 0.29) is 11.7 Å². The molecule has 0 aromatic heterocycles. The first-order valence-electron chi connectivity index (χ1n) is 3.62. The molecule has 0 heterocycles. The Morgan fingerprint density at radius 1 is 0.750 bits per heavy atom. The summed E-state index contributed by atoms with van der Waals surface area (Å²) in [6.07, 6.45) is 8.90. The molecule has 0 N–H and O–H groups in total. The van der Waals surface area contributed by atoms with Crippen molar-refractivity contribution in [2.75, 3.05) is 0 Å². The van der Waals surface area contributed by atoms with Gasteiger partial charge in [0.15, 0.2) is 0 Å². The summed E-state index contributed by atoms with van der Waals surface area (Å²) >= 11 is 0. The van der Waals surface area contributed by atoms with Crippen LogP contribution in [0.1, 0.15) is 0 Å². The van der Waals surface area contributed by atoms with Gasteiger partial charge in [-0.3, -0.25) is 0 Å². The van der Waals surface area contributed by atoms with Crippen LogP contribution in [-0.4, -0.2) is 0 Å². The maximum absolute atomic E-state index is 12.9. The molecule has 0 amide bonds. The van der Waals surface area contributed by atoms with Gasteiger partial charge in [-0.15, -0.1) is 0 Å². The van der Waals surface area contributed by atoms with E-state index in [2.05, 4.69) is 0 Å². The molecule has 0 aliphatic heterocycles. The zero-order valence-electron chi connectivity index (χ0n) is 6.22. The Morgan fingerprint density at radius 2 is 1.17 bits per heavy atom. The second kappa shape index (κ2) is 2.55. The van der Waals surface area contributed by atoms with Crippen LogP contribution < -0.4 is 0 Å². The largest absolute Gasteiger partial charge is 0.206 e. The third kappa shape index (κ3) is 0.961. The predicted octanol–water partition coefficient (Wildman–Crippen LogP) is 3.13. The smallest absolute Gasteiger partial charge is 0.131 e. The molecule has 0 saturated carbocycles. The van der Waals surface area contributed by atoms with Crippen molar-refractivity contribution in [2.45, 2.75) is 0 Å². The molecule has 0 fully saturated rings. The molecule has 60 valence electrons. The van der Waals surface area contributed by atoms with Gasteiger partial charge in [-0.2, -0.15) is 0 Å². The van der Waals surface area contributed by atoms with Crippen molar-refractivity contribution in [3.05, 3.63) is 59.3 Å². The monoisotopic (exact) mass is 164 g/mol. The second-order valence-corrected chi connectivity index (χ2v) is 2.57. The van der Waals surface area contributed by atoms with Gasteiger partial charge in [-0.1, -0.05) is 24.3 Å². The lowest BCUT2D eigenvalue weighted by atomic mass is 10.1. The molecule has 0 aromatic rings. The normalized spacial score (nSPS) is 26.5. The number of halogens is 2. The lowest BCUT2D eigenvalue weighted by Gasteiger charge is -1.98. The Bertz CT molecular complexity index is 329. The minimum atomic E-state index is -0.375. The maximum Gasteiger partial charge on any atom is 0.131 e. The minimum Gasteiger partial charge on any atom is -0.206 e. The first kappa shape index (κ1) is 7.22. The molecule has 2 rings (SSSR count). The summed E-state index contributed by atoms with van der Waals surface area (Å²) in [6, 6.07) is 0. The van der Waals surface area contributed by atoms with E-state index in [1.54, 1.807) is 24.3 Å². The SMILES string of the molecule is FC1=CC=C/C1=C1/C=CC=C1F. The van der Waals surface area contributed by atoms with Crippen LogP contribution in [0.4, 0.5) is 8.78 Å². The molecule has 0 unspecified atom stereocenters. The molecule has 2 heteroatoms. The van der Waals surface area contributed by atoms with Crippen LogP contribution in [0, 0.1) is 0 Å². The third-order valence-electron chi connectivity index (χ3n) is 1.82. The van der Waals surface area contributed by atoms with Crippen molar-refractivity contribution in [1.29, 1.82) is 0 Å². The Balaban J connectivity index is 2.52. The molecule has 0 nitrogen and oxygen atoms in total. The van der Waals surface area contributed by atoms with E-state index >= 15 is 0 Å². The number of hydrogen-bond acceptors (Lipinski definition) is 0. The van der Waals surface area contributed by atoms with E-state index in [0.717, 1.165) is 0 Å². The fourth-order valence-electron chi connectivity index (χ4n) is 1.23. The molecular formula is C10H6F2. The lowest BCUT2D eigenvalue weighted by Crippen LogP contribution is -1.83. The average Bonchev–Trinajstić information content (AvgIpc) is 2.59. The van der Waals surface area contributed by atoms with Crippen molar-refractivity contribution in [2.24, 2.45) is 0 Å². The van der Waals surface area contributed by atoms with E-state index in [0.29, 0.717) is 11.1 Å². The molecule has 0 saturated heterocycles. The van der Waals surface area contributed by atoms with Crippen LogP contribution in [-0.2, 0) is 0 Å². The fraction of sp³-hybridized carbons (Fsp3) is 0. The van der Waals surface area contributed by atoms with Gasteiger partial charge < -0.3 is 0 Å². The maximum atomic E-state index is 12.9. The summed E-state index contributed by atoms with van der Waals surface area (Å²) in [5, 5.41) is 0. The molecule has 2 aliphatic rings. The lowest BCUT2D eigenvalue weighted by molar-refractivity contribution is 0.641. The highest BCUT2D eigenvalue weighted by Gasteiger charge is 2.15. The van der Waals surface area contributed by atoms with E-state index in [1.807, 2.05) is 0 Å². The topological polar surface area (TPSA) is 0 Å². The van der Waals surface area contributed by atoms with Gasteiger partial charge in [0, 0.05) is 11.1 Å². The number of rotatable bonds is 0. The summed E-state index contributed by atoms with van der Waals surface area (Å²) < 4.78 is 25.9. The molecular weight excluding hydrogens is 158 g/mol. The van der Waals surface area contributed by atoms with Crippen LogP contribution in [0.25, 0.3) is 0 Å². The van der Waals surface area contributed by atoms with Crippen molar-refractivity contribution >= 4 is 0 Å². The zero-order chi connectivity index (χ0) is 8.55. The van der Waals surface area contributed by atoms with Crippen molar-refractivity contribution in [3.63, 3.8) is 0 Å². The summed E-state index contributed by atoms with van der Waals surface area (Å²) in [7, 11) is 0. The van der Waals surface area contributed by atoms with Gasteiger partial charge >= 0.3 is 0 Å². The average molecular weight is 164 g/mol. The van der Waals surface area contributed by atoms with Gasteiger partial charge in [0.25, 0.3) is 0 Å². The standard InChI is InChI=1S/C10H6F2/c11-9-5-1-3-7(9)8-4-2-6-10(8)12/h1-6H/b8-7+. The summed E-state index contributed by atoms with van der Waals surface area (Å²) in [5.41, 5.74) is 0.662. The highest BCUT2D eigenvalue weighted by atomic mass is 19.1. The molecule has 0 atom stereocenters. The van der Waals surface area contributed by atoms with E-state index < -0.39 is 0 Å². The van der Waals surface area contributed by atoms with Crippen molar-refractivity contribution in [1.82, 2.24) is 0 Å². The number of allylic oxidation sites excluding steroid dienone is 10. The van der Waals surface area contributed by atoms with Crippen molar-refractivity contribution < 1.29 is 8.78 Å². The quantitative estimate of drug-likeness (QED) is 0.516. The van der Waals surface area contributed by atoms with Gasteiger partial charge in [0.1, 0.15) is 11.7 Å². The van der Waals surface area contributed by atoms with Crippen molar-refractivity contribution in [3.8, 4) is 0 Å². The molecule has 0 aromatic carbocycles. The summed E-state index contributed by atoms with van der Waals surface area (Å²) in [4.78, 5) is 0. The zero-order valence-corrected chi connectivity index (χ0v) is 6.22. The highest BCUT2D eigenvalue weighted by Crippen LogP contribution is 2.30. The minimum absolute atomic E-state index is 0.331. The summed E-state index contributed by atoms with van der Waals surface area (Å²) in [5.74, 6) is -0.750. The first-order valence-corrected chi connectivity index (χ1v) is 3.62. The third-order valence-corrected chi connectivity index (χ3v) is 1.82. The van der Waals surface area contributed by atoms with Crippen LogP contribution in [0.15, 0.2) is 59.3 Å². The number of hydrogen-bond donors (Lipinski definition) is 0. The first-order chi connectivity index (χ1) is 5.79. The molecule has 12 heavy (non-hydrogen) atoms. The highest BCUT2D eigenvalue weighted by molar-refractivity contribution is 5.58. The van der Waals surface area contributed by atoms with Gasteiger partial charge in [-0.05, 0) is 12.2 Å². The summed E-state index contributed by atoms with van der Waals surface area (Å²) in [6.45, 7) is 0. The Morgan fingerprint density at radius 3 is 1.42 bits per heavy atom. The fourth-order valence-corrected chi connectivity index (χ4v) is 1.23. The molecule has 2 aliphatic carbocycles. The van der Waals surface area contributed by atoms with Crippen LogP contribution in [0.5, 0.6) is 0 Å². The van der Waals surface area contributed by atoms with E-state index in [4.69, 9.17) is 0 Å². The van der Waals surface area contributed by atoms with Crippen LogP contribution in [0.3, 0.4) is 0 Å². The van der Waals surface area contributed by atoms with Gasteiger partial charge in [-0.25, -0.2) is 8.78 Å². The Labute approximate surface area is 68.9 Å².